The Hall–Kier alpha value is -2.29. The average molecular weight is 492 g/mol. The Morgan fingerprint density at radius 1 is 1.28 bits per heavy atom. The first kappa shape index (κ1) is 20.0. The molecule has 0 saturated carbocycles. The number of halogens is 2. The molecule has 0 spiro atoms. The molecule has 0 aliphatic heterocycles. The maximum absolute atomic E-state index is 11.3. The minimum absolute atomic E-state index is 0.0103. The van der Waals surface area contributed by atoms with Crippen LogP contribution in [0.2, 0.25) is 5.02 Å². The second kappa shape index (κ2) is 7.85. The second-order valence-corrected chi connectivity index (χ2v) is 8.88. The molecule has 0 fully saturated rings. The van der Waals surface area contributed by atoms with Crippen LogP contribution in [0.15, 0.2) is 63.3 Å². The number of nitrogens with zero attached hydrogens (tertiary/aromatic N) is 4. The quantitative estimate of drug-likeness (QED) is 0.367. The van der Waals surface area contributed by atoms with Gasteiger partial charge >= 0.3 is 5.97 Å². The third-order valence-corrected chi connectivity index (χ3v) is 6.66. The summed E-state index contributed by atoms with van der Waals surface area (Å²) in [6.07, 6.45) is 3.79. The Bertz CT molecular complexity index is 1230. The fourth-order valence-electron chi connectivity index (χ4n) is 2.97. The van der Waals surface area contributed by atoms with E-state index in [1.54, 1.807) is 12.1 Å². The van der Waals surface area contributed by atoms with Gasteiger partial charge in [-0.2, -0.15) is 5.10 Å². The first-order chi connectivity index (χ1) is 13.8. The summed E-state index contributed by atoms with van der Waals surface area (Å²) in [5.41, 5.74) is 1.83. The number of hydrogen-bond donors (Lipinski definition) is 1. The van der Waals surface area contributed by atoms with Crippen molar-refractivity contribution in [2.75, 3.05) is 0 Å². The lowest BCUT2D eigenvalue weighted by Gasteiger charge is -2.06. The van der Waals surface area contributed by atoms with Crippen LogP contribution in [-0.2, 0) is 0 Å². The topological polar surface area (TPSA) is 72.9 Å². The van der Waals surface area contributed by atoms with E-state index in [1.807, 2.05) is 39.8 Å². The number of carbonyl (C=O) groups is 1. The number of rotatable bonds is 5. The van der Waals surface area contributed by atoms with Crippen LogP contribution < -0.4 is 0 Å². The summed E-state index contributed by atoms with van der Waals surface area (Å²) in [7, 11) is 0. The fraction of sp³-hybridized carbons (Fsp3) is 0.150. The van der Waals surface area contributed by atoms with E-state index in [4.69, 9.17) is 11.6 Å². The van der Waals surface area contributed by atoms with Gasteiger partial charge in [0.1, 0.15) is 15.3 Å². The predicted octanol–water partition coefficient (Wildman–Crippen LogP) is 6.07. The van der Waals surface area contributed by atoms with Gasteiger partial charge in [0, 0.05) is 22.6 Å². The standard InChI is InChI=1S/C20H16BrClN4O2S/c1-11(2)25-10-13(9-23-25)26-16-8-12(22)6-7-14(16)18(19(26)21)29-17-5-3-4-15(24-17)20(27)28/h3-11H,1-2H3,(H,27,28). The summed E-state index contributed by atoms with van der Waals surface area (Å²) < 4.78 is 4.75. The average Bonchev–Trinajstić information content (AvgIpc) is 3.25. The van der Waals surface area contributed by atoms with Crippen LogP contribution in [0.1, 0.15) is 30.4 Å². The molecule has 0 radical (unpaired) electrons. The number of aromatic carboxylic acids is 1. The highest BCUT2D eigenvalue weighted by Gasteiger charge is 2.20. The lowest BCUT2D eigenvalue weighted by atomic mass is 10.2. The highest BCUT2D eigenvalue weighted by molar-refractivity contribution is 9.10. The summed E-state index contributed by atoms with van der Waals surface area (Å²) in [5.74, 6) is -1.05. The van der Waals surface area contributed by atoms with Crippen molar-refractivity contribution in [2.45, 2.75) is 29.8 Å². The van der Waals surface area contributed by atoms with Crippen molar-refractivity contribution in [3.05, 3.63) is 64.1 Å². The van der Waals surface area contributed by atoms with E-state index in [2.05, 4.69) is 39.9 Å². The molecule has 148 valence electrons. The molecule has 0 atom stereocenters. The molecule has 9 heteroatoms. The Morgan fingerprint density at radius 3 is 2.76 bits per heavy atom. The van der Waals surface area contributed by atoms with E-state index in [9.17, 15) is 9.90 Å². The highest BCUT2D eigenvalue weighted by atomic mass is 79.9. The smallest absolute Gasteiger partial charge is 0.354 e. The van der Waals surface area contributed by atoms with E-state index in [0.29, 0.717) is 10.0 Å². The molecule has 0 saturated heterocycles. The SMILES string of the molecule is CC(C)n1cc(-n2c(Br)c(Sc3cccc(C(=O)O)n3)c3ccc(Cl)cc32)cn1. The van der Waals surface area contributed by atoms with Crippen LogP contribution in [0.3, 0.4) is 0 Å². The van der Waals surface area contributed by atoms with Crippen LogP contribution in [0.5, 0.6) is 0 Å². The largest absolute Gasteiger partial charge is 0.477 e. The van der Waals surface area contributed by atoms with E-state index < -0.39 is 5.97 Å². The zero-order valence-electron chi connectivity index (χ0n) is 15.5. The number of fused-ring (bicyclic) bond motifs is 1. The van der Waals surface area contributed by atoms with Gasteiger partial charge in [0.15, 0.2) is 0 Å². The number of carboxylic acid groups (broad SMARTS) is 1. The molecule has 29 heavy (non-hydrogen) atoms. The van der Waals surface area contributed by atoms with Gasteiger partial charge < -0.3 is 5.11 Å². The molecule has 0 unspecified atom stereocenters. The molecular weight excluding hydrogens is 476 g/mol. The number of benzene rings is 1. The van der Waals surface area contributed by atoms with Gasteiger partial charge in [-0.15, -0.1) is 0 Å². The summed E-state index contributed by atoms with van der Waals surface area (Å²) in [5, 5.41) is 15.9. The third kappa shape index (κ3) is 3.80. The first-order valence-corrected chi connectivity index (χ1v) is 10.8. The molecule has 6 nitrogen and oxygen atoms in total. The minimum atomic E-state index is -1.05. The molecule has 4 rings (SSSR count). The molecular formula is C20H16BrClN4O2S. The molecule has 3 aromatic heterocycles. The minimum Gasteiger partial charge on any atom is -0.477 e. The number of pyridine rings is 1. The van der Waals surface area contributed by atoms with Crippen molar-refractivity contribution in [3.63, 3.8) is 0 Å². The van der Waals surface area contributed by atoms with Gasteiger partial charge in [0.05, 0.1) is 22.3 Å². The Kier molecular flexibility index (Phi) is 5.42. The Balaban J connectivity index is 1.88. The van der Waals surface area contributed by atoms with Crippen LogP contribution in [0, 0.1) is 0 Å². The normalized spacial score (nSPS) is 11.5. The molecule has 0 aliphatic rings. The lowest BCUT2D eigenvalue weighted by Crippen LogP contribution is -2.00. The molecule has 0 amide bonds. The van der Waals surface area contributed by atoms with Crippen molar-refractivity contribution in [3.8, 4) is 5.69 Å². The summed E-state index contributed by atoms with van der Waals surface area (Å²) in [6.45, 7) is 4.14. The maximum atomic E-state index is 11.3. The van der Waals surface area contributed by atoms with Crippen LogP contribution in [0.4, 0.5) is 0 Å². The van der Waals surface area contributed by atoms with Gasteiger partial charge in [-0.3, -0.25) is 9.25 Å². The van der Waals surface area contributed by atoms with E-state index in [1.165, 1.54) is 17.8 Å². The Morgan fingerprint density at radius 2 is 2.07 bits per heavy atom. The molecule has 1 N–H and O–H groups in total. The second-order valence-electron chi connectivity index (χ2n) is 6.66. The lowest BCUT2D eigenvalue weighted by molar-refractivity contribution is 0.0689. The van der Waals surface area contributed by atoms with Gasteiger partial charge in [-0.25, -0.2) is 9.78 Å². The number of aromatic nitrogens is 4. The number of hydrogen-bond acceptors (Lipinski definition) is 4. The summed E-state index contributed by atoms with van der Waals surface area (Å²) in [6, 6.07) is 10.9. The van der Waals surface area contributed by atoms with E-state index in [-0.39, 0.29) is 11.7 Å². The van der Waals surface area contributed by atoms with Crippen molar-refractivity contribution >= 4 is 56.2 Å². The molecule has 4 aromatic rings. The van der Waals surface area contributed by atoms with Crippen LogP contribution >= 0.6 is 39.3 Å². The van der Waals surface area contributed by atoms with Crippen LogP contribution in [0.25, 0.3) is 16.6 Å². The molecule has 3 heterocycles. The summed E-state index contributed by atoms with van der Waals surface area (Å²) in [4.78, 5) is 16.4. The number of carboxylic acids is 1. The predicted molar refractivity (Wildman–Crippen MR) is 117 cm³/mol. The first-order valence-electron chi connectivity index (χ1n) is 8.77. The zero-order chi connectivity index (χ0) is 20.7. The monoisotopic (exact) mass is 490 g/mol. The van der Waals surface area contributed by atoms with Crippen molar-refractivity contribution in [1.29, 1.82) is 0 Å². The summed E-state index contributed by atoms with van der Waals surface area (Å²) >= 11 is 11.4. The van der Waals surface area contributed by atoms with Crippen molar-refractivity contribution in [1.82, 2.24) is 19.3 Å². The van der Waals surface area contributed by atoms with Crippen molar-refractivity contribution < 1.29 is 9.90 Å². The molecule has 1 aromatic carbocycles. The zero-order valence-corrected chi connectivity index (χ0v) is 18.7. The van der Waals surface area contributed by atoms with Gasteiger partial charge in [-0.05, 0) is 54.0 Å². The fourth-order valence-corrected chi connectivity index (χ4v) is 4.95. The van der Waals surface area contributed by atoms with E-state index >= 15 is 0 Å². The maximum Gasteiger partial charge on any atom is 0.354 e. The van der Waals surface area contributed by atoms with Gasteiger partial charge in [-0.1, -0.05) is 35.5 Å². The van der Waals surface area contributed by atoms with Gasteiger partial charge in [0.2, 0.25) is 0 Å². The molecule has 0 aliphatic carbocycles. The van der Waals surface area contributed by atoms with E-state index in [0.717, 1.165) is 26.1 Å². The van der Waals surface area contributed by atoms with Crippen molar-refractivity contribution in [2.24, 2.45) is 0 Å². The Labute approximate surface area is 184 Å². The third-order valence-electron chi connectivity index (χ3n) is 4.35. The highest BCUT2D eigenvalue weighted by Crippen LogP contribution is 2.43. The van der Waals surface area contributed by atoms with Gasteiger partial charge in [0.25, 0.3) is 0 Å². The molecule has 0 bridgehead atoms. The van der Waals surface area contributed by atoms with Crippen LogP contribution in [-0.4, -0.2) is 30.4 Å².